The predicted octanol–water partition coefficient (Wildman–Crippen LogP) is 0.170. The number of nitrogens with zero attached hydrogens (tertiary/aromatic N) is 2. The molecule has 0 spiro atoms. The Morgan fingerprint density at radius 2 is 1.84 bits per heavy atom. The van der Waals surface area contributed by atoms with Crippen LogP contribution in [-0.4, -0.2) is 28.5 Å². The highest BCUT2D eigenvalue weighted by atomic mass is 16.2. The lowest BCUT2D eigenvalue weighted by molar-refractivity contribution is 0.400. The van der Waals surface area contributed by atoms with E-state index in [1.54, 1.807) is 24.3 Å². The predicted molar refractivity (Wildman–Crippen MR) is 74.5 cm³/mol. The summed E-state index contributed by atoms with van der Waals surface area (Å²) in [5, 5.41) is 0. The van der Waals surface area contributed by atoms with Crippen molar-refractivity contribution in [3.63, 3.8) is 0 Å². The molecule has 1 aromatic carbocycles. The molecule has 100 valence electrons. The van der Waals surface area contributed by atoms with Gasteiger partial charge in [-0.3, -0.25) is 9.78 Å². The van der Waals surface area contributed by atoms with E-state index < -0.39 is 11.2 Å². The van der Waals surface area contributed by atoms with Crippen LogP contribution in [0.2, 0.25) is 0 Å². The molecule has 0 radical (unpaired) electrons. The fourth-order valence-electron chi connectivity index (χ4n) is 1.89. The number of nitrogens with two attached hydrogens (primary N) is 1. The molecule has 0 atom stereocenters. The number of aromatic nitrogens is 2. The number of aromatic amines is 1. The summed E-state index contributed by atoms with van der Waals surface area (Å²) in [6.45, 7) is 0.369. The lowest BCUT2D eigenvalue weighted by atomic mass is 10.2. The van der Waals surface area contributed by atoms with Crippen molar-refractivity contribution in [2.75, 3.05) is 19.8 Å². The van der Waals surface area contributed by atoms with Crippen molar-refractivity contribution in [2.24, 2.45) is 0 Å². The molecule has 0 aliphatic rings. The Labute approximate surface area is 110 Å². The van der Waals surface area contributed by atoms with Crippen LogP contribution in [0.3, 0.4) is 0 Å². The van der Waals surface area contributed by atoms with E-state index in [9.17, 15) is 9.59 Å². The van der Waals surface area contributed by atoms with Crippen LogP contribution in [0.4, 0.5) is 5.82 Å². The van der Waals surface area contributed by atoms with Crippen LogP contribution >= 0.6 is 0 Å². The Balaban J connectivity index is 2.69. The van der Waals surface area contributed by atoms with Crippen LogP contribution in [0, 0.1) is 0 Å². The molecule has 0 aliphatic heterocycles. The van der Waals surface area contributed by atoms with E-state index in [0.717, 1.165) is 0 Å². The first kappa shape index (κ1) is 13.1. The monoisotopic (exact) mass is 260 g/mol. The fraction of sp³-hybridized carbons (Fsp3) is 0.231. The highest BCUT2D eigenvalue weighted by Crippen LogP contribution is 2.12. The molecular formula is C13H16N4O2. The molecule has 3 N–H and O–H groups in total. The summed E-state index contributed by atoms with van der Waals surface area (Å²) in [6.07, 6.45) is 0. The van der Waals surface area contributed by atoms with Crippen LogP contribution in [0.15, 0.2) is 39.9 Å². The number of hydrogen-bond acceptors (Lipinski definition) is 4. The Hall–Kier alpha value is -2.34. The number of H-pyrrole nitrogens is 1. The number of nitrogens with one attached hydrogen (secondary N) is 1. The molecule has 0 saturated heterocycles. The molecular weight excluding hydrogens is 244 g/mol. The molecule has 0 unspecified atom stereocenters. The van der Waals surface area contributed by atoms with Gasteiger partial charge in [0.25, 0.3) is 5.56 Å². The summed E-state index contributed by atoms with van der Waals surface area (Å²) >= 11 is 0. The lowest BCUT2D eigenvalue weighted by Crippen LogP contribution is -2.35. The first-order valence-corrected chi connectivity index (χ1v) is 5.84. The average molecular weight is 260 g/mol. The normalized spacial score (nSPS) is 10.9. The summed E-state index contributed by atoms with van der Waals surface area (Å²) in [6, 6.07) is 8.97. The van der Waals surface area contributed by atoms with Gasteiger partial charge in [0, 0.05) is 6.54 Å². The molecule has 0 fully saturated rings. The van der Waals surface area contributed by atoms with Gasteiger partial charge >= 0.3 is 5.69 Å². The highest BCUT2D eigenvalue weighted by molar-refractivity contribution is 5.46. The molecule has 0 saturated carbocycles. The van der Waals surface area contributed by atoms with Crippen molar-refractivity contribution in [3.8, 4) is 5.69 Å². The lowest BCUT2D eigenvalue weighted by Gasteiger charge is -2.15. The van der Waals surface area contributed by atoms with Crippen LogP contribution < -0.4 is 17.0 Å². The average Bonchev–Trinajstić information content (AvgIpc) is 2.35. The molecule has 0 aliphatic carbocycles. The fourth-order valence-corrected chi connectivity index (χ4v) is 1.89. The molecule has 1 aromatic heterocycles. The van der Waals surface area contributed by atoms with E-state index in [1.165, 1.54) is 4.57 Å². The van der Waals surface area contributed by atoms with Crippen molar-refractivity contribution in [1.82, 2.24) is 14.5 Å². The number of rotatable bonds is 3. The van der Waals surface area contributed by atoms with Crippen molar-refractivity contribution < 1.29 is 0 Å². The number of nitrogen functional groups attached to an aromatic ring is 1. The van der Waals surface area contributed by atoms with Crippen molar-refractivity contribution in [2.45, 2.75) is 6.54 Å². The molecule has 0 bridgehead atoms. The third-order valence-corrected chi connectivity index (χ3v) is 2.74. The summed E-state index contributed by atoms with van der Waals surface area (Å²) < 4.78 is 1.31. The minimum atomic E-state index is -0.531. The zero-order valence-corrected chi connectivity index (χ0v) is 10.9. The van der Waals surface area contributed by atoms with Gasteiger partial charge < -0.3 is 10.6 Å². The molecule has 1 heterocycles. The van der Waals surface area contributed by atoms with Gasteiger partial charge in [0.2, 0.25) is 0 Å². The Bertz CT molecular complexity index is 686. The minimum Gasteiger partial charge on any atom is -0.384 e. The quantitative estimate of drug-likeness (QED) is 0.824. The standard InChI is InChI=1S/C13H16N4O2/c1-16(2)8-10-11(14)17(13(19)15-12(10)18)9-6-4-3-5-7-9/h3-7H,8,14H2,1-2H3,(H,15,18,19). The SMILES string of the molecule is CN(C)Cc1c(N)n(-c2ccccc2)c(=O)[nH]c1=O. The van der Waals surface area contributed by atoms with Gasteiger partial charge in [-0.05, 0) is 26.2 Å². The largest absolute Gasteiger partial charge is 0.384 e. The maximum absolute atomic E-state index is 11.9. The highest BCUT2D eigenvalue weighted by Gasteiger charge is 2.13. The Kier molecular flexibility index (Phi) is 3.52. The third kappa shape index (κ3) is 2.58. The van der Waals surface area contributed by atoms with Crippen molar-refractivity contribution in [1.29, 1.82) is 0 Å². The van der Waals surface area contributed by atoms with Gasteiger partial charge in [-0.25, -0.2) is 9.36 Å². The summed E-state index contributed by atoms with van der Waals surface area (Å²) in [4.78, 5) is 27.8. The van der Waals surface area contributed by atoms with Gasteiger partial charge in [-0.2, -0.15) is 0 Å². The van der Waals surface area contributed by atoms with E-state index >= 15 is 0 Å². The Morgan fingerprint density at radius 3 is 2.42 bits per heavy atom. The minimum absolute atomic E-state index is 0.175. The van der Waals surface area contributed by atoms with Crippen LogP contribution in [0.5, 0.6) is 0 Å². The molecule has 2 aromatic rings. The van der Waals surface area contributed by atoms with Crippen LogP contribution in [0.1, 0.15) is 5.56 Å². The maximum atomic E-state index is 11.9. The zero-order valence-electron chi connectivity index (χ0n) is 10.9. The second-order valence-electron chi connectivity index (χ2n) is 4.53. The number of para-hydroxylation sites is 1. The zero-order chi connectivity index (χ0) is 14.0. The first-order chi connectivity index (χ1) is 9.00. The third-order valence-electron chi connectivity index (χ3n) is 2.74. The second-order valence-corrected chi connectivity index (χ2v) is 4.53. The smallest absolute Gasteiger partial charge is 0.334 e. The van der Waals surface area contributed by atoms with Gasteiger partial charge in [-0.15, -0.1) is 0 Å². The summed E-state index contributed by atoms with van der Waals surface area (Å²) in [7, 11) is 3.66. The summed E-state index contributed by atoms with van der Waals surface area (Å²) in [5.41, 5.74) is 6.02. The van der Waals surface area contributed by atoms with E-state index in [0.29, 0.717) is 17.8 Å². The second kappa shape index (κ2) is 5.11. The van der Waals surface area contributed by atoms with Crippen LogP contribution in [0.25, 0.3) is 5.69 Å². The summed E-state index contributed by atoms with van der Waals surface area (Å²) in [5.74, 6) is 0.175. The van der Waals surface area contributed by atoms with E-state index in [1.807, 2.05) is 25.1 Å². The molecule has 6 heteroatoms. The number of anilines is 1. The maximum Gasteiger partial charge on any atom is 0.334 e. The molecule has 2 rings (SSSR count). The van der Waals surface area contributed by atoms with Crippen molar-refractivity contribution in [3.05, 3.63) is 56.7 Å². The van der Waals surface area contributed by atoms with Gasteiger partial charge in [0.15, 0.2) is 0 Å². The van der Waals surface area contributed by atoms with E-state index in [4.69, 9.17) is 5.73 Å². The van der Waals surface area contributed by atoms with Crippen LogP contribution in [-0.2, 0) is 6.54 Å². The molecule has 0 amide bonds. The number of hydrogen-bond donors (Lipinski definition) is 2. The number of benzene rings is 1. The first-order valence-electron chi connectivity index (χ1n) is 5.84. The Morgan fingerprint density at radius 1 is 1.21 bits per heavy atom. The van der Waals surface area contributed by atoms with E-state index in [2.05, 4.69) is 4.98 Å². The molecule has 19 heavy (non-hydrogen) atoms. The molecule has 6 nitrogen and oxygen atoms in total. The van der Waals surface area contributed by atoms with E-state index in [-0.39, 0.29) is 5.82 Å². The van der Waals surface area contributed by atoms with Gasteiger partial charge in [0.05, 0.1) is 11.3 Å². The van der Waals surface area contributed by atoms with Gasteiger partial charge in [0.1, 0.15) is 5.82 Å². The van der Waals surface area contributed by atoms with Gasteiger partial charge in [-0.1, -0.05) is 18.2 Å². The van der Waals surface area contributed by atoms with Crippen molar-refractivity contribution >= 4 is 5.82 Å². The topological polar surface area (TPSA) is 84.1 Å².